The summed E-state index contributed by atoms with van der Waals surface area (Å²) in [4.78, 5) is 0. The minimum absolute atomic E-state index is 0.242. The van der Waals surface area contributed by atoms with Gasteiger partial charge in [-0.15, -0.1) is 0 Å². The molecule has 1 heterocycles. The van der Waals surface area contributed by atoms with E-state index in [-0.39, 0.29) is 6.10 Å². The molecule has 1 unspecified atom stereocenters. The Balaban J connectivity index is 1.81. The summed E-state index contributed by atoms with van der Waals surface area (Å²) in [5.74, 6) is 0.987. The lowest BCUT2D eigenvalue weighted by molar-refractivity contribution is 0.216. The topological polar surface area (TPSA) is 21.3 Å². The quantitative estimate of drug-likeness (QED) is 0.879. The first-order valence-electron chi connectivity index (χ1n) is 6.66. The Kier molecular flexibility index (Phi) is 4.18. The van der Waals surface area contributed by atoms with Crippen molar-refractivity contribution in [3.05, 3.63) is 28.8 Å². The van der Waals surface area contributed by atoms with Gasteiger partial charge in [-0.1, -0.05) is 32.4 Å². The van der Waals surface area contributed by atoms with Gasteiger partial charge in [0.25, 0.3) is 0 Å². The van der Waals surface area contributed by atoms with E-state index in [4.69, 9.17) is 16.3 Å². The highest BCUT2D eigenvalue weighted by Crippen LogP contribution is 2.30. The van der Waals surface area contributed by atoms with Crippen LogP contribution in [0.25, 0.3) is 0 Å². The largest absolute Gasteiger partial charge is 0.488 e. The molecule has 1 atom stereocenters. The van der Waals surface area contributed by atoms with Gasteiger partial charge in [-0.05, 0) is 35.6 Å². The van der Waals surface area contributed by atoms with E-state index in [1.807, 2.05) is 18.2 Å². The molecule has 0 saturated carbocycles. The van der Waals surface area contributed by atoms with E-state index >= 15 is 0 Å². The van der Waals surface area contributed by atoms with E-state index in [0.717, 1.165) is 30.3 Å². The standard InChI is InChI=1S/C15H22ClNO/c1-4-15(2,3)10-17-9-13-8-11-7-12(16)5-6-14(11)18-13/h5-7,13,17H,4,8-10H2,1-3H3. The molecule has 1 aromatic carbocycles. The lowest BCUT2D eigenvalue weighted by Crippen LogP contribution is -2.36. The Morgan fingerprint density at radius 1 is 1.44 bits per heavy atom. The average Bonchev–Trinajstić information content (AvgIpc) is 2.70. The van der Waals surface area contributed by atoms with Gasteiger partial charge in [-0.3, -0.25) is 0 Å². The third kappa shape index (κ3) is 3.39. The van der Waals surface area contributed by atoms with Crippen molar-refractivity contribution in [1.29, 1.82) is 0 Å². The Bertz CT molecular complexity index is 417. The number of fused-ring (bicyclic) bond motifs is 1. The molecule has 2 nitrogen and oxygen atoms in total. The summed E-state index contributed by atoms with van der Waals surface area (Å²) in [5, 5.41) is 4.30. The van der Waals surface area contributed by atoms with Crippen LogP contribution in [0.4, 0.5) is 0 Å². The highest BCUT2D eigenvalue weighted by molar-refractivity contribution is 6.30. The molecule has 0 fully saturated rings. The molecule has 1 aromatic rings. The second-order valence-electron chi connectivity index (χ2n) is 5.84. The molecule has 18 heavy (non-hydrogen) atoms. The first-order chi connectivity index (χ1) is 8.50. The molecule has 1 aliphatic heterocycles. The van der Waals surface area contributed by atoms with E-state index in [9.17, 15) is 0 Å². The van der Waals surface area contributed by atoms with E-state index in [1.165, 1.54) is 12.0 Å². The van der Waals surface area contributed by atoms with E-state index in [1.54, 1.807) is 0 Å². The fraction of sp³-hybridized carbons (Fsp3) is 0.600. The van der Waals surface area contributed by atoms with Crippen LogP contribution >= 0.6 is 11.6 Å². The van der Waals surface area contributed by atoms with Gasteiger partial charge in [0.05, 0.1) is 0 Å². The van der Waals surface area contributed by atoms with Crippen LogP contribution in [0.15, 0.2) is 18.2 Å². The molecule has 0 saturated heterocycles. The number of benzene rings is 1. The van der Waals surface area contributed by atoms with Crippen LogP contribution in [0.2, 0.25) is 5.02 Å². The van der Waals surface area contributed by atoms with Gasteiger partial charge in [0, 0.05) is 24.5 Å². The first kappa shape index (κ1) is 13.7. The van der Waals surface area contributed by atoms with Crippen LogP contribution in [-0.4, -0.2) is 19.2 Å². The summed E-state index contributed by atoms with van der Waals surface area (Å²) in [6, 6.07) is 5.86. The summed E-state index contributed by atoms with van der Waals surface area (Å²) < 4.78 is 5.89. The van der Waals surface area contributed by atoms with Crippen molar-refractivity contribution >= 4 is 11.6 Å². The van der Waals surface area contributed by atoms with Crippen LogP contribution in [0.5, 0.6) is 5.75 Å². The second-order valence-corrected chi connectivity index (χ2v) is 6.28. The van der Waals surface area contributed by atoms with Crippen molar-refractivity contribution in [2.24, 2.45) is 5.41 Å². The maximum Gasteiger partial charge on any atom is 0.123 e. The lowest BCUT2D eigenvalue weighted by Gasteiger charge is -2.24. The highest BCUT2D eigenvalue weighted by atomic mass is 35.5. The Morgan fingerprint density at radius 3 is 2.94 bits per heavy atom. The third-order valence-corrected chi connectivity index (χ3v) is 3.93. The number of ether oxygens (including phenoxy) is 1. The predicted octanol–water partition coefficient (Wildman–Crippen LogP) is 3.67. The van der Waals surface area contributed by atoms with Crippen molar-refractivity contribution in [2.75, 3.05) is 13.1 Å². The molecule has 0 amide bonds. The summed E-state index contributed by atoms with van der Waals surface area (Å²) >= 11 is 5.98. The van der Waals surface area contributed by atoms with Gasteiger partial charge in [-0.2, -0.15) is 0 Å². The average molecular weight is 268 g/mol. The van der Waals surface area contributed by atoms with Gasteiger partial charge in [0.1, 0.15) is 11.9 Å². The molecule has 0 bridgehead atoms. The minimum Gasteiger partial charge on any atom is -0.488 e. The van der Waals surface area contributed by atoms with E-state index in [2.05, 4.69) is 26.1 Å². The number of rotatable bonds is 5. The monoisotopic (exact) mass is 267 g/mol. The molecule has 0 aliphatic carbocycles. The Hall–Kier alpha value is -0.730. The SMILES string of the molecule is CCC(C)(C)CNCC1Cc2cc(Cl)ccc2O1. The molecule has 3 heteroatoms. The van der Waals surface area contributed by atoms with Crippen LogP contribution in [0.1, 0.15) is 32.8 Å². The Labute approximate surface area is 115 Å². The Morgan fingerprint density at radius 2 is 2.22 bits per heavy atom. The third-order valence-electron chi connectivity index (χ3n) is 3.70. The van der Waals surface area contributed by atoms with Gasteiger partial charge >= 0.3 is 0 Å². The van der Waals surface area contributed by atoms with Crippen LogP contribution in [0, 0.1) is 5.41 Å². The van der Waals surface area contributed by atoms with Crippen LogP contribution in [-0.2, 0) is 6.42 Å². The zero-order valence-corrected chi connectivity index (χ0v) is 12.2. The summed E-state index contributed by atoms with van der Waals surface area (Å²) in [6.07, 6.45) is 2.38. The summed E-state index contributed by atoms with van der Waals surface area (Å²) in [5.41, 5.74) is 1.58. The van der Waals surface area contributed by atoms with E-state index < -0.39 is 0 Å². The molecule has 1 aliphatic rings. The van der Waals surface area contributed by atoms with Crippen molar-refractivity contribution in [3.8, 4) is 5.75 Å². The van der Waals surface area contributed by atoms with Gasteiger partial charge in [0.2, 0.25) is 0 Å². The molecule has 0 radical (unpaired) electrons. The minimum atomic E-state index is 0.242. The van der Waals surface area contributed by atoms with Crippen LogP contribution in [0.3, 0.4) is 0 Å². The molecule has 2 rings (SSSR count). The maximum atomic E-state index is 5.98. The second kappa shape index (κ2) is 5.50. The fourth-order valence-electron chi connectivity index (χ4n) is 2.10. The van der Waals surface area contributed by atoms with Crippen LogP contribution < -0.4 is 10.1 Å². The fourth-order valence-corrected chi connectivity index (χ4v) is 2.29. The molecule has 0 aromatic heterocycles. The molecular formula is C15H22ClNO. The van der Waals surface area contributed by atoms with Gasteiger partial charge in [0.15, 0.2) is 0 Å². The van der Waals surface area contributed by atoms with E-state index in [0.29, 0.717) is 5.41 Å². The van der Waals surface area contributed by atoms with Crippen molar-refractivity contribution in [1.82, 2.24) is 5.32 Å². The summed E-state index contributed by atoms with van der Waals surface area (Å²) in [6.45, 7) is 8.72. The number of nitrogens with one attached hydrogen (secondary N) is 1. The normalized spacial score (nSPS) is 18.6. The smallest absolute Gasteiger partial charge is 0.123 e. The van der Waals surface area contributed by atoms with Crippen molar-refractivity contribution in [2.45, 2.75) is 39.7 Å². The molecule has 1 N–H and O–H groups in total. The number of halogens is 1. The first-order valence-corrected chi connectivity index (χ1v) is 7.04. The maximum absolute atomic E-state index is 5.98. The van der Waals surface area contributed by atoms with Crippen molar-refractivity contribution < 1.29 is 4.74 Å². The summed E-state index contributed by atoms with van der Waals surface area (Å²) in [7, 11) is 0. The predicted molar refractivity (Wildman–Crippen MR) is 76.5 cm³/mol. The molecular weight excluding hydrogens is 246 g/mol. The number of hydrogen-bond donors (Lipinski definition) is 1. The van der Waals surface area contributed by atoms with Gasteiger partial charge < -0.3 is 10.1 Å². The highest BCUT2D eigenvalue weighted by Gasteiger charge is 2.23. The molecule has 0 spiro atoms. The number of hydrogen-bond acceptors (Lipinski definition) is 2. The van der Waals surface area contributed by atoms with Crippen molar-refractivity contribution in [3.63, 3.8) is 0 Å². The zero-order valence-electron chi connectivity index (χ0n) is 11.4. The lowest BCUT2D eigenvalue weighted by atomic mass is 9.90. The zero-order chi connectivity index (χ0) is 13.2. The molecule has 100 valence electrons. The van der Waals surface area contributed by atoms with Gasteiger partial charge in [-0.25, -0.2) is 0 Å².